The number of rotatable bonds is 5. The summed E-state index contributed by atoms with van der Waals surface area (Å²) < 4.78 is 0. The lowest BCUT2D eigenvalue weighted by molar-refractivity contribution is -0.134. The second kappa shape index (κ2) is 9.21. The van der Waals surface area contributed by atoms with Crippen molar-refractivity contribution < 1.29 is 9.59 Å². The molecule has 2 aromatic rings. The lowest BCUT2D eigenvalue weighted by Gasteiger charge is -2.33. The lowest BCUT2D eigenvalue weighted by atomic mass is 9.90. The zero-order valence-corrected chi connectivity index (χ0v) is 15.7. The van der Waals surface area contributed by atoms with Gasteiger partial charge < -0.3 is 15.5 Å². The number of urea groups is 1. The van der Waals surface area contributed by atoms with Crippen LogP contribution < -0.4 is 10.6 Å². The van der Waals surface area contributed by atoms with Gasteiger partial charge in [0.15, 0.2) is 0 Å². The van der Waals surface area contributed by atoms with Crippen LogP contribution in [-0.4, -0.2) is 36.0 Å². The Balaban J connectivity index is 1.43. The van der Waals surface area contributed by atoms with E-state index in [2.05, 4.69) is 34.9 Å². The van der Waals surface area contributed by atoms with Crippen LogP contribution in [0, 0.1) is 5.92 Å². The average molecular weight is 365 g/mol. The fourth-order valence-electron chi connectivity index (χ4n) is 3.53. The smallest absolute Gasteiger partial charge is 0.319 e. The number of hydrogen-bond acceptors (Lipinski definition) is 2. The van der Waals surface area contributed by atoms with Gasteiger partial charge in [-0.2, -0.15) is 0 Å². The first-order valence-electron chi connectivity index (χ1n) is 9.57. The van der Waals surface area contributed by atoms with E-state index in [0.29, 0.717) is 11.6 Å². The van der Waals surface area contributed by atoms with Crippen LogP contribution in [0.4, 0.5) is 10.5 Å². The minimum absolute atomic E-state index is 0.0172. The third-order valence-electron chi connectivity index (χ3n) is 5.04. The number of likely N-dealkylation sites (tertiary alicyclic amines) is 1. The molecule has 0 radical (unpaired) electrons. The molecule has 2 N–H and O–H groups in total. The van der Waals surface area contributed by atoms with Gasteiger partial charge in [0.05, 0.1) is 0 Å². The van der Waals surface area contributed by atoms with Gasteiger partial charge in [-0.3, -0.25) is 4.79 Å². The second-order valence-electron chi connectivity index (χ2n) is 7.14. The van der Waals surface area contributed by atoms with Crippen LogP contribution >= 0.6 is 0 Å². The highest BCUT2D eigenvalue weighted by Crippen LogP contribution is 2.22. The fourth-order valence-corrected chi connectivity index (χ4v) is 3.53. The molecular weight excluding hydrogens is 338 g/mol. The first kappa shape index (κ1) is 19.0. The van der Waals surface area contributed by atoms with E-state index in [1.165, 1.54) is 5.56 Å². The summed E-state index contributed by atoms with van der Waals surface area (Å²) in [5.74, 6) is 0.595. The number of nitrogens with zero attached hydrogens (tertiary/aromatic N) is 1. The Labute approximate surface area is 160 Å². The zero-order chi connectivity index (χ0) is 19.1. The topological polar surface area (TPSA) is 61.4 Å². The molecule has 5 heteroatoms. The van der Waals surface area contributed by atoms with Crippen molar-refractivity contribution >= 4 is 17.6 Å². The molecule has 1 heterocycles. The van der Waals surface area contributed by atoms with E-state index in [9.17, 15) is 9.59 Å². The van der Waals surface area contributed by atoms with Gasteiger partial charge in [-0.15, -0.1) is 0 Å². The van der Waals surface area contributed by atoms with Crippen LogP contribution in [0.15, 0.2) is 60.7 Å². The van der Waals surface area contributed by atoms with E-state index in [4.69, 9.17) is 0 Å². The highest BCUT2D eigenvalue weighted by Gasteiger charge is 2.26. The number of para-hydroxylation sites is 1. The molecule has 1 aliphatic rings. The number of nitrogens with one attached hydrogen (secondary N) is 2. The first-order valence-corrected chi connectivity index (χ1v) is 9.57. The molecule has 2 aromatic carbocycles. The number of piperidine rings is 1. The quantitative estimate of drug-likeness (QED) is 0.849. The van der Waals surface area contributed by atoms with Crippen LogP contribution in [0.1, 0.15) is 25.3 Å². The van der Waals surface area contributed by atoms with Gasteiger partial charge in [-0.25, -0.2) is 4.79 Å². The molecule has 3 rings (SSSR count). The Morgan fingerprint density at radius 3 is 2.22 bits per heavy atom. The standard InChI is InChI=1S/C22H27N3O2/c1-17(23-22(27)24-20-10-6-3-7-11-20)21(26)25-14-12-19(13-15-25)16-18-8-4-2-5-9-18/h2-11,17,19H,12-16H2,1H3,(H2,23,24,27)/t17-/m1/s1. The summed E-state index contributed by atoms with van der Waals surface area (Å²) in [5.41, 5.74) is 2.06. The van der Waals surface area contributed by atoms with Crippen molar-refractivity contribution in [3.05, 3.63) is 66.2 Å². The van der Waals surface area contributed by atoms with E-state index < -0.39 is 6.04 Å². The molecule has 0 saturated carbocycles. The van der Waals surface area contributed by atoms with Crippen molar-refractivity contribution in [2.45, 2.75) is 32.2 Å². The van der Waals surface area contributed by atoms with Crippen LogP contribution in [0.2, 0.25) is 0 Å². The largest absolute Gasteiger partial charge is 0.341 e. The number of amides is 3. The van der Waals surface area contributed by atoms with Gasteiger partial charge in [-0.05, 0) is 49.8 Å². The van der Waals surface area contributed by atoms with Crippen molar-refractivity contribution in [3.8, 4) is 0 Å². The maximum Gasteiger partial charge on any atom is 0.319 e. The molecule has 0 aliphatic carbocycles. The van der Waals surface area contributed by atoms with Crippen molar-refractivity contribution in [2.75, 3.05) is 18.4 Å². The van der Waals surface area contributed by atoms with Crippen LogP contribution in [0.3, 0.4) is 0 Å². The summed E-state index contributed by atoms with van der Waals surface area (Å²) in [6.45, 7) is 3.24. The third-order valence-corrected chi connectivity index (χ3v) is 5.04. The maximum atomic E-state index is 12.6. The molecule has 1 saturated heterocycles. The lowest BCUT2D eigenvalue weighted by Crippen LogP contribution is -2.50. The fraction of sp³-hybridized carbons (Fsp3) is 0.364. The number of carbonyl (C=O) groups is 2. The Morgan fingerprint density at radius 1 is 1.00 bits per heavy atom. The van der Waals surface area contributed by atoms with Crippen molar-refractivity contribution in [2.24, 2.45) is 5.92 Å². The van der Waals surface area contributed by atoms with Gasteiger partial charge in [0.25, 0.3) is 0 Å². The van der Waals surface area contributed by atoms with Gasteiger partial charge in [0.2, 0.25) is 5.91 Å². The van der Waals surface area contributed by atoms with Gasteiger partial charge >= 0.3 is 6.03 Å². The molecule has 0 bridgehead atoms. The number of hydrogen-bond donors (Lipinski definition) is 2. The van der Waals surface area contributed by atoms with Crippen molar-refractivity contribution in [1.82, 2.24) is 10.2 Å². The molecule has 1 fully saturated rings. The summed E-state index contributed by atoms with van der Waals surface area (Å²) in [6, 6.07) is 18.8. The molecular formula is C22H27N3O2. The molecule has 1 atom stereocenters. The zero-order valence-electron chi connectivity index (χ0n) is 15.7. The molecule has 0 unspecified atom stereocenters. The monoisotopic (exact) mass is 365 g/mol. The number of anilines is 1. The van der Waals surface area contributed by atoms with Crippen molar-refractivity contribution in [1.29, 1.82) is 0 Å². The minimum Gasteiger partial charge on any atom is -0.341 e. The third kappa shape index (κ3) is 5.58. The Bertz CT molecular complexity index is 741. The summed E-state index contributed by atoms with van der Waals surface area (Å²) in [4.78, 5) is 26.6. The van der Waals surface area contributed by atoms with Crippen LogP contribution in [-0.2, 0) is 11.2 Å². The van der Waals surface area contributed by atoms with Crippen LogP contribution in [0.25, 0.3) is 0 Å². The Hall–Kier alpha value is -2.82. The normalized spacial score (nSPS) is 15.8. The average Bonchev–Trinajstić information content (AvgIpc) is 2.69. The predicted octanol–water partition coefficient (Wildman–Crippen LogP) is 3.68. The highest BCUT2D eigenvalue weighted by molar-refractivity contribution is 5.93. The molecule has 0 spiro atoms. The molecule has 27 heavy (non-hydrogen) atoms. The molecule has 3 amide bonds. The van der Waals surface area contributed by atoms with Gasteiger partial charge in [0.1, 0.15) is 6.04 Å². The summed E-state index contributed by atoms with van der Waals surface area (Å²) in [7, 11) is 0. The maximum absolute atomic E-state index is 12.6. The molecule has 0 aromatic heterocycles. The van der Waals surface area contributed by atoms with E-state index in [0.717, 1.165) is 32.4 Å². The Morgan fingerprint density at radius 2 is 1.59 bits per heavy atom. The van der Waals surface area contributed by atoms with Gasteiger partial charge in [-0.1, -0.05) is 48.5 Å². The molecule has 5 nitrogen and oxygen atoms in total. The van der Waals surface area contributed by atoms with Gasteiger partial charge in [0, 0.05) is 18.8 Å². The molecule has 1 aliphatic heterocycles. The number of carbonyl (C=O) groups excluding carboxylic acids is 2. The second-order valence-corrected chi connectivity index (χ2v) is 7.14. The van der Waals surface area contributed by atoms with E-state index in [-0.39, 0.29) is 11.9 Å². The Kier molecular flexibility index (Phi) is 6.47. The SMILES string of the molecule is C[C@@H](NC(=O)Nc1ccccc1)C(=O)N1CCC(Cc2ccccc2)CC1. The number of benzene rings is 2. The highest BCUT2D eigenvalue weighted by atomic mass is 16.2. The summed E-state index contributed by atoms with van der Waals surface area (Å²) >= 11 is 0. The molecule has 142 valence electrons. The first-order chi connectivity index (χ1) is 13.1. The summed E-state index contributed by atoms with van der Waals surface area (Å²) in [6.07, 6.45) is 3.07. The predicted molar refractivity (Wildman–Crippen MR) is 108 cm³/mol. The minimum atomic E-state index is -0.542. The van der Waals surface area contributed by atoms with Crippen LogP contribution in [0.5, 0.6) is 0 Å². The van der Waals surface area contributed by atoms with Crippen molar-refractivity contribution in [3.63, 3.8) is 0 Å². The summed E-state index contributed by atoms with van der Waals surface area (Å²) in [5, 5.41) is 5.48. The van der Waals surface area contributed by atoms with E-state index >= 15 is 0 Å². The van der Waals surface area contributed by atoms with E-state index in [1.54, 1.807) is 6.92 Å². The van der Waals surface area contributed by atoms with E-state index in [1.807, 2.05) is 41.3 Å².